The van der Waals surface area contributed by atoms with Gasteiger partial charge in [0.25, 0.3) is 11.5 Å². The molecule has 1 amide bonds. The van der Waals surface area contributed by atoms with Crippen molar-refractivity contribution in [2.45, 2.75) is 57.4 Å². The summed E-state index contributed by atoms with van der Waals surface area (Å²) >= 11 is 0. The lowest BCUT2D eigenvalue weighted by Crippen LogP contribution is -2.49. The SMILES string of the molecule is CC(C)(C)OC(=O)N1CCC(F)(F)C(c2cc(N)c(=O)n(CC(F)(F)F)c2)C1. The third-order valence-electron chi connectivity index (χ3n) is 4.17. The monoisotopic (exact) mass is 411 g/mol. The highest BCUT2D eigenvalue weighted by Gasteiger charge is 2.47. The molecular weight excluding hydrogens is 389 g/mol. The van der Waals surface area contributed by atoms with Crippen molar-refractivity contribution in [2.75, 3.05) is 18.8 Å². The van der Waals surface area contributed by atoms with Crippen molar-refractivity contribution < 1.29 is 31.5 Å². The lowest BCUT2D eigenvalue weighted by molar-refractivity contribution is -0.141. The molecule has 1 aromatic rings. The average Bonchev–Trinajstić information content (AvgIpc) is 2.48. The molecule has 1 atom stereocenters. The number of nitrogens with zero attached hydrogens (tertiary/aromatic N) is 2. The molecule has 1 aromatic heterocycles. The molecule has 11 heteroatoms. The van der Waals surface area contributed by atoms with Crippen LogP contribution < -0.4 is 11.3 Å². The number of hydrogen-bond donors (Lipinski definition) is 1. The van der Waals surface area contributed by atoms with Crippen LogP contribution in [-0.4, -0.2) is 46.3 Å². The smallest absolute Gasteiger partial charge is 0.410 e. The van der Waals surface area contributed by atoms with Crippen molar-refractivity contribution in [1.29, 1.82) is 0 Å². The van der Waals surface area contributed by atoms with Gasteiger partial charge in [0.1, 0.15) is 12.1 Å². The van der Waals surface area contributed by atoms with E-state index in [4.69, 9.17) is 10.5 Å². The Bertz CT molecular complexity index is 799. The van der Waals surface area contributed by atoms with E-state index in [9.17, 15) is 31.5 Å². The summed E-state index contributed by atoms with van der Waals surface area (Å²) in [5.74, 6) is -4.93. The maximum Gasteiger partial charge on any atom is 0.410 e. The van der Waals surface area contributed by atoms with Crippen LogP contribution in [-0.2, 0) is 11.3 Å². The van der Waals surface area contributed by atoms with Crippen molar-refractivity contribution in [3.8, 4) is 0 Å². The summed E-state index contributed by atoms with van der Waals surface area (Å²) in [6, 6.07) is 0.937. The van der Waals surface area contributed by atoms with Gasteiger partial charge in [-0.25, -0.2) is 13.6 Å². The predicted octanol–water partition coefficient (Wildman–Crippen LogP) is 3.35. The first kappa shape index (κ1) is 22.0. The standard InChI is InChI=1S/C17H22F5N3O3/c1-15(2,3)28-14(27)24-5-4-16(18,19)11(8-24)10-6-12(23)13(26)25(7-10)9-17(20,21)22/h6-7,11H,4-5,8-9,23H2,1-3H3. The Balaban J connectivity index is 2.37. The summed E-state index contributed by atoms with van der Waals surface area (Å²) < 4.78 is 72.5. The number of aromatic nitrogens is 1. The van der Waals surface area contributed by atoms with Crippen LogP contribution in [0, 0.1) is 0 Å². The second-order valence-corrected chi connectivity index (χ2v) is 7.77. The molecule has 1 fully saturated rings. The fourth-order valence-corrected chi connectivity index (χ4v) is 2.93. The van der Waals surface area contributed by atoms with Gasteiger partial charge in [-0.15, -0.1) is 0 Å². The van der Waals surface area contributed by atoms with Crippen molar-refractivity contribution in [3.63, 3.8) is 0 Å². The molecule has 0 saturated carbocycles. The number of rotatable bonds is 2. The molecule has 2 N–H and O–H groups in total. The van der Waals surface area contributed by atoms with E-state index in [-0.39, 0.29) is 16.7 Å². The highest BCUT2D eigenvalue weighted by atomic mass is 19.4. The van der Waals surface area contributed by atoms with Gasteiger partial charge in [0.05, 0.1) is 11.6 Å². The number of carbonyl (C=O) groups is 1. The van der Waals surface area contributed by atoms with Gasteiger partial charge >= 0.3 is 12.3 Å². The van der Waals surface area contributed by atoms with Gasteiger partial charge < -0.3 is 19.9 Å². The van der Waals surface area contributed by atoms with Gasteiger partial charge in [0.2, 0.25) is 0 Å². The third-order valence-corrected chi connectivity index (χ3v) is 4.17. The van der Waals surface area contributed by atoms with E-state index in [1.165, 1.54) is 0 Å². The van der Waals surface area contributed by atoms with E-state index in [1.807, 2.05) is 0 Å². The maximum absolute atomic E-state index is 14.5. The van der Waals surface area contributed by atoms with Crippen LogP contribution in [0.4, 0.5) is 32.4 Å². The molecule has 0 aromatic carbocycles. The number of anilines is 1. The Kier molecular flexibility index (Phi) is 5.69. The third kappa shape index (κ3) is 5.35. The average molecular weight is 411 g/mol. The van der Waals surface area contributed by atoms with Crippen LogP contribution >= 0.6 is 0 Å². The minimum atomic E-state index is -4.73. The van der Waals surface area contributed by atoms with E-state index >= 15 is 0 Å². The number of nitrogens with two attached hydrogens (primary N) is 1. The van der Waals surface area contributed by atoms with Crippen LogP contribution in [0.2, 0.25) is 0 Å². The van der Waals surface area contributed by atoms with Crippen LogP contribution in [0.5, 0.6) is 0 Å². The minimum absolute atomic E-state index is 0.250. The number of piperidine rings is 1. The number of likely N-dealkylation sites (tertiary alicyclic amines) is 1. The molecular formula is C17H22F5N3O3. The second-order valence-electron chi connectivity index (χ2n) is 7.77. The van der Waals surface area contributed by atoms with Gasteiger partial charge in [-0.2, -0.15) is 13.2 Å². The Morgan fingerprint density at radius 1 is 1.32 bits per heavy atom. The summed E-state index contributed by atoms with van der Waals surface area (Å²) in [4.78, 5) is 25.1. The van der Waals surface area contributed by atoms with E-state index in [2.05, 4.69) is 0 Å². The van der Waals surface area contributed by atoms with Crippen molar-refractivity contribution in [3.05, 3.63) is 28.2 Å². The minimum Gasteiger partial charge on any atom is -0.444 e. The Morgan fingerprint density at radius 2 is 1.93 bits per heavy atom. The Hall–Kier alpha value is -2.33. The predicted molar refractivity (Wildman–Crippen MR) is 91.3 cm³/mol. The van der Waals surface area contributed by atoms with Gasteiger partial charge in [0, 0.05) is 25.7 Å². The molecule has 0 aliphatic carbocycles. The first-order valence-corrected chi connectivity index (χ1v) is 8.51. The normalized spacial score (nSPS) is 20.1. The molecule has 0 spiro atoms. The van der Waals surface area contributed by atoms with Crippen LogP contribution in [0.3, 0.4) is 0 Å². The molecule has 0 radical (unpaired) electrons. The zero-order valence-electron chi connectivity index (χ0n) is 15.6. The van der Waals surface area contributed by atoms with E-state index in [0.29, 0.717) is 0 Å². The summed E-state index contributed by atoms with van der Waals surface area (Å²) in [7, 11) is 0. The van der Waals surface area contributed by atoms with Crippen LogP contribution in [0.25, 0.3) is 0 Å². The van der Waals surface area contributed by atoms with Crippen molar-refractivity contribution in [2.24, 2.45) is 0 Å². The molecule has 28 heavy (non-hydrogen) atoms. The van der Waals surface area contributed by atoms with Gasteiger partial charge in [0.15, 0.2) is 0 Å². The fraction of sp³-hybridized carbons (Fsp3) is 0.647. The van der Waals surface area contributed by atoms with E-state index in [0.717, 1.165) is 17.2 Å². The van der Waals surface area contributed by atoms with Crippen LogP contribution in [0.15, 0.2) is 17.1 Å². The number of pyridine rings is 1. The van der Waals surface area contributed by atoms with Crippen molar-refractivity contribution in [1.82, 2.24) is 9.47 Å². The maximum atomic E-state index is 14.5. The number of halogens is 5. The first-order valence-electron chi connectivity index (χ1n) is 8.51. The zero-order chi connectivity index (χ0) is 21.5. The molecule has 1 unspecified atom stereocenters. The molecule has 2 heterocycles. The molecule has 1 aliphatic rings. The Labute approximate surface area is 158 Å². The molecule has 1 saturated heterocycles. The first-order chi connectivity index (χ1) is 12.6. The molecule has 1 aliphatic heterocycles. The molecule has 6 nitrogen and oxygen atoms in total. The summed E-state index contributed by atoms with van der Waals surface area (Å²) in [5, 5.41) is 0. The largest absolute Gasteiger partial charge is 0.444 e. The number of nitrogen functional groups attached to an aromatic ring is 1. The highest BCUT2D eigenvalue weighted by molar-refractivity contribution is 5.68. The molecule has 158 valence electrons. The summed E-state index contributed by atoms with van der Waals surface area (Å²) in [6.07, 6.45) is -5.50. The topological polar surface area (TPSA) is 77.6 Å². The quantitative estimate of drug-likeness (QED) is 0.758. The second kappa shape index (κ2) is 7.25. The zero-order valence-corrected chi connectivity index (χ0v) is 15.6. The highest BCUT2D eigenvalue weighted by Crippen LogP contribution is 2.40. The molecule has 0 bridgehead atoms. The van der Waals surface area contributed by atoms with Crippen LogP contribution in [0.1, 0.15) is 38.7 Å². The van der Waals surface area contributed by atoms with Gasteiger partial charge in [-0.1, -0.05) is 0 Å². The summed E-state index contributed by atoms with van der Waals surface area (Å²) in [6.45, 7) is 2.46. The van der Waals surface area contributed by atoms with Gasteiger partial charge in [-0.3, -0.25) is 4.79 Å². The number of carbonyl (C=O) groups excluding carboxylic acids is 1. The number of ether oxygens (including phenoxy) is 1. The number of alkyl halides is 5. The fourth-order valence-electron chi connectivity index (χ4n) is 2.93. The van der Waals surface area contributed by atoms with Gasteiger partial charge in [-0.05, 0) is 32.4 Å². The molecule has 2 rings (SSSR count). The number of amides is 1. The number of hydrogen-bond acceptors (Lipinski definition) is 4. The lowest BCUT2D eigenvalue weighted by atomic mass is 9.87. The Morgan fingerprint density at radius 3 is 2.46 bits per heavy atom. The van der Waals surface area contributed by atoms with E-state index < -0.39 is 60.5 Å². The lowest BCUT2D eigenvalue weighted by Gasteiger charge is -2.39. The van der Waals surface area contributed by atoms with Crippen molar-refractivity contribution >= 4 is 11.8 Å². The summed E-state index contributed by atoms with van der Waals surface area (Å²) in [5.41, 5.74) is 2.68. The van der Waals surface area contributed by atoms with E-state index in [1.54, 1.807) is 20.8 Å².